The van der Waals surface area contributed by atoms with Crippen molar-refractivity contribution in [2.45, 2.75) is 45.3 Å². The van der Waals surface area contributed by atoms with Crippen molar-refractivity contribution in [3.8, 4) is 5.75 Å². The summed E-state index contributed by atoms with van der Waals surface area (Å²) in [5, 5.41) is 4.13. The van der Waals surface area contributed by atoms with E-state index in [-0.39, 0.29) is 24.5 Å². The van der Waals surface area contributed by atoms with Crippen LogP contribution < -0.4 is 10.1 Å². The Morgan fingerprint density at radius 2 is 1.88 bits per heavy atom. The Morgan fingerprint density at radius 3 is 2.62 bits per heavy atom. The van der Waals surface area contributed by atoms with Gasteiger partial charge in [0, 0.05) is 11.6 Å². The number of hydrogen-bond donors (Lipinski definition) is 1. The quantitative estimate of drug-likeness (QED) is 0.780. The Bertz CT molecular complexity index is 708. The third kappa shape index (κ3) is 4.98. The molecule has 1 fully saturated rings. The number of ether oxygens (including phenoxy) is 3. The molecule has 0 radical (unpaired) electrons. The largest absolute Gasteiger partial charge is 0.491 e. The lowest BCUT2D eigenvalue weighted by molar-refractivity contribution is -0.200. The van der Waals surface area contributed by atoms with Gasteiger partial charge >= 0.3 is 0 Å². The van der Waals surface area contributed by atoms with Gasteiger partial charge in [-0.1, -0.05) is 41.9 Å². The van der Waals surface area contributed by atoms with E-state index < -0.39 is 0 Å². The summed E-state index contributed by atoms with van der Waals surface area (Å²) in [6.45, 7) is 7.42. The molecule has 3 atom stereocenters. The molecule has 1 aliphatic rings. The normalized spacial score (nSPS) is 21.6. The maximum Gasteiger partial charge on any atom is 0.177 e. The first-order valence-electron chi connectivity index (χ1n) is 9.05. The molecule has 1 heterocycles. The molecule has 1 aliphatic heterocycles. The third-order valence-electron chi connectivity index (χ3n) is 4.25. The second kappa shape index (κ2) is 8.87. The van der Waals surface area contributed by atoms with Crippen LogP contribution in [0.1, 0.15) is 44.0 Å². The summed E-state index contributed by atoms with van der Waals surface area (Å²) in [4.78, 5) is 0. The van der Waals surface area contributed by atoms with Crippen LogP contribution in [0.3, 0.4) is 0 Å². The molecule has 0 aliphatic carbocycles. The van der Waals surface area contributed by atoms with E-state index in [0.717, 1.165) is 23.4 Å². The SMILES string of the molecule is CC(C)Oc1cc(Cl)cc(C(C)OC2OCCNC2c2ccccc2)c1. The smallest absolute Gasteiger partial charge is 0.177 e. The molecule has 140 valence electrons. The van der Waals surface area contributed by atoms with Crippen molar-refractivity contribution in [3.05, 3.63) is 64.7 Å². The molecule has 0 spiro atoms. The highest BCUT2D eigenvalue weighted by Gasteiger charge is 2.29. The number of morpholine rings is 1. The minimum atomic E-state index is -0.366. The molecule has 3 rings (SSSR count). The number of hydrogen-bond acceptors (Lipinski definition) is 4. The van der Waals surface area contributed by atoms with Crippen molar-refractivity contribution in [1.29, 1.82) is 0 Å². The minimum absolute atomic E-state index is 0.00188. The predicted molar refractivity (Wildman–Crippen MR) is 104 cm³/mol. The van der Waals surface area contributed by atoms with E-state index in [2.05, 4.69) is 17.4 Å². The standard InChI is InChI=1S/C21H26ClNO3/c1-14(2)25-19-12-17(11-18(22)13-19)15(3)26-21-20(23-9-10-24-21)16-7-5-4-6-8-16/h4-8,11-15,20-21,23H,9-10H2,1-3H3. The van der Waals surface area contributed by atoms with Crippen molar-refractivity contribution in [3.63, 3.8) is 0 Å². The molecule has 0 aromatic heterocycles. The van der Waals surface area contributed by atoms with Gasteiger partial charge in [-0.05, 0) is 50.1 Å². The maximum atomic E-state index is 6.27. The van der Waals surface area contributed by atoms with Gasteiger partial charge in [0.2, 0.25) is 0 Å². The van der Waals surface area contributed by atoms with Gasteiger partial charge in [0.25, 0.3) is 0 Å². The minimum Gasteiger partial charge on any atom is -0.491 e. The van der Waals surface area contributed by atoms with Crippen molar-refractivity contribution >= 4 is 11.6 Å². The fourth-order valence-electron chi connectivity index (χ4n) is 3.07. The number of rotatable bonds is 6. The van der Waals surface area contributed by atoms with Gasteiger partial charge in [-0.25, -0.2) is 0 Å². The van der Waals surface area contributed by atoms with Crippen molar-refractivity contribution in [2.75, 3.05) is 13.2 Å². The molecule has 4 nitrogen and oxygen atoms in total. The monoisotopic (exact) mass is 375 g/mol. The lowest BCUT2D eigenvalue weighted by Gasteiger charge is -2.34. The molecule has 0 amide bonds. The van der Waals surface area contributed by atoms with Crippen LogP contribution in [-0.4, -0.2) is 25.5 Å². The Morgan fingerprint density at radius 1 is 1.12 bits per heavy atom. The van der Waals surface area contributed by atoms with E-state index in [9.17, 15) is 0 Å². The van der Waals surface area contributed by atoms with E-state index in [0.29, 0.717) is 11.6 Å². The first-order chi connectivity index (χ1) is 12.5. The summed E-state index contributed by atoms with van der Waals surface area (Å²) >= 11 is 6.27. The average Bonchev–Trinajstić information content (AvgIpc) is 2.62. The Balaban J connectivity index is 1.75. The Labute approximate surface area is 160 Å². The molecule has 2 aromatic carbocycles. The van der Waals surface area contributed by atoms with Gasteiger partial charge in [0.15, 0.2) is 6.29 Å². The van der Waals surface area contributed by atoms with E-state index >= 15 is 0 Å². The molecule has 1 N–H and O–H groups in total. The van der Waals surface area contributed by atoms with E-state index in [1.165, 1.54) is 0 Å². The van der Waals surface area contributed by atoms with E-state index in [1.807, 2.05) is 57.2 Å². The van der Waals surface area contributed by atoms with Crippen LogP contribution in [0.25, 0.3) is 0 Å². The van der Waals surface area contributed by atoms with Gasteiger partial charge in [0.05, 0.1) is 24.9 Å². The van der Waals surface area contributed by atoms with Crippen LogP contribution in [0.4, 0.5) is 0 Å². The summed E-state index contributed by atoms with van der Waals surface area (Å²) in [6.07, 6.45) is -0.459. The summed E-state index contributed by atoms with van der Waals surface area (Å²) in [6, 6.07) is 15.9. The second-order valence-corrected chi connectivity index (χ2v) is 7.18. The zero-order chi connectivity index (χ0) is 18.5. The van der Waals surface area contributed by atoms with Crippen molar-refractivity contribution < 1.29 is 14.2 Å². The zero-order valence-corrected chi connectivity index (χ0v) is 16.2. The predicted octanol–water partition coefficient (Wildman–Crippen LogP) is 4.89. The van der Waals surface area contributed by atoms with Crippen LogP contribution in [0, 0.1) is 0 Å². The molecule has 2 aromatic rings. The molecule has 0 saturated carbocycles. The van der Waals surface area contributed by atoms with Crippen LogP contribution in [0.15, 0.2) is 48.5 Å². The highest BCUT2D eigenvalue weighted by Crippen LogP contribution is 2.31. The fraction of sp³-hybridized carbons (Fsp3) is 0.429. The second-order valence-electron chi connectivity index (χ2n) is 6.75. The van der Waals surface area contributed by atoms with Crippen molar-refractivity contribution in [1.82, 2.24) is 5.32 Å². The Kier molecular flexibility index (Phi) is 6.54. The lowest BCUT2D eigenvalue weighted by Crippen LogP contribution is -2.43. The maximum absolute atomic E-state index is 6.27. The summed E-state index contributed by atoms with van der Waals surface area (Å²) < 4.78 is 18.0. The van der Waals surface area contributed by atoms with Crippen molar-refractivity contribution in [2.24, 2.45) is 0 Å². The van der Waals surface area contributed by atoms with Gasteiger partial charge in [-0.2, -0.15) is 0 Å². The summed E-state index contributed by atoms with van der Waals surface area (Å²) in [7, 11) is 0. The Hall–Kier alpha value is -1.59. The first-order valence-corrected chi connectivity index (χ1v) is 9.43. The van der Waals surface area contributed by atoms with E-state index in [1.54, 1.807) is 0 Å². The fourth-order valence-corrected chi connectivity index (χ4v) is 3.31. The highest BCUT2D eigenvalue weighted by molar-refractivity contribution is 6.30. The number of halogens is 1. The molecule has 3 unspecified atom stereocenters. The van der Waals surface area contributed by atoms with Gasteiger partial charge < -0.3 is 19.5 Å². The van der Waals surface area contributed by atoms with E-state index in [4.69, 9.17) is 25.8 Å². The van der Waals surface area contributed by atoms with Gasteiger partial charge in [-0.3, -0.25) is 0 Å². The molecule has 0 bridgehead atoms. The lowest BCUT2D eigenvalue weighted by atomic mass is 10.0. The number of benzene rings is 2. The highest BCUT2D eigenvalue weighted by atomic mass is 35.5. The molecular formula is C21H26ClNO3. The van der Waals surface area contributed by atoms with Crippen LogP contribution >= 0.6 is 11.6 Å². The van der Waals surface area contributed by atoms with Crippen LogP contribution in [0.2, 0.25) is 5.02 Å². The average molecular weight is 376 g/mol. The number of nitrogens with one attached hydrogen (secondary N) is 1. The molecule has 26 heavy (non-hydrogen) atoms. The zero-order valence-electron chi connectivity index (χ0n) is 15.4. The molecule has 5 heteroatoms. The molecule has 1 saturated heterocycles. The van der Waals surface area contributed by atoms with Crippen LogP contribution in [-0.2, 0) is 9.47 Å². The first kappa shape index (κ1) is 19.2. The van der Waals surface area contributed by atoms with Gasteiger partial charge in [-0.15, -0.1) is 0 Å². The topological polar surface area (TPSA) is 39.7 Å². The van der Waals surface area contributed by atoms with Gasteiger partial charge in [0.1, 0.15) is 5.75 Å². The summed E-state index contributed by atoms with van der Waals surface area (Å²) in [5.41, 5.74) is 2.12. The van der Waals surface area contributed by atoms with Crippen LogP contribution in [0.5, 0.6) is 5.75 Å². The summed E-state index contributed by atoms with van der Waals surface area (Å²) in [5.74, 6) is 0.750. The third-order valence-corrected chi connectivity index (χ3v) is 4.47. The molecular weight excluding hydrogens is 350 g/mol.